The Morgan fingerprint density at radius 1 is 1.11 bits per heavy atom. The molecule has 8 nitrogen and oxygen atoms in total. The van der Waals surface area contributed by atoms with Gasteiger partial charge in [-0.2, -0.15) is 0 Å². The molecule has 0 saturated carbocycles. The van der Waals surface area contributed by atoms with Gasteiger partial charge in [-0.15, -0.1) is 0 Å². The van der Waals surface area contributed by atoms with Crippen LogP contribution in [0.2, 0.25) is 0 Å². The second-order valence-corrected chi connectivity index (χ2v) is 10.2. The van der Waals surface area contributed by atoms with Gasteiger partial charge in [-0.1, -0.05) is 37.0 Å². The van der Waals surface area contributed by atoms with Crippen molar-refractivity contribution in [2.45, 2.75) is 52.4 Å². The van der Waals surface area contributed by atoms with Crippen LogP contribution in [0.1, 0.15) is 57.9 Å². The summed E-state index contributed by atoms with van der Waals surface area (Å²) in [6.45, 7) is 6.54. The summed E-state index contributed by atoms with van der Waals surface area (Å²) in [4.78, 5) is 40.9. The minimum atomic E-state index is -0.263. The highest BCUT2D eigenvalue weighted by molar-refractivity contribution is 8.26. The molecular weight excluding hydrogens is 500 g/mol. The number of benzene rings is 1. The summed E-state index contributed by atoms with van der Waals surface area (Å²) >= 11 is 6.62. The summed E-state index contributed by atoms with van der Waals surface area (Å²) < 4.78 is 17.1. The Balaban J connectivity index is 1.61. The summed E-state index contributed by atoms with van der Waals surface area (Å²) in [6.07, 6.45) is 6.49. The SMILES string of the molecule is CCCOC(=O)CCCN1C(=O)/C(=C\c2ccc(OCC(=O)N3CCCCC3)c(OCC)c2)SC1=S. The first-order chi connectivity index (χ1) is 17.4. The van der Waals surface area contributed by atoms with E-state index in [-0.39, 0.29) is 30.8 Å². The van der Waals surface area contributed by atoms with E-state index in [0.29, 0.717) is 46.9 Å². The predicted octanol–water partition coefficient (Wildman–Crippen LogP) is 4.41. The number of esters is 1. The molecule has 2 heterocycles. The highest BCUT2D eigenvalue weighted by Gasteiger charge is 2.31. The molecule has 0 unspecified atom stereocenters. The van der Waals surface area contributed by atoms with Gasteiger partial charge in [-0.05, 0) is 62.8 Å². The van der Waals surface area contributed by atoms with Gasteiger partial charge in [0, 0.05) is 26.1 Å². The normalized spacial score (nSPS) is 17.0. The zero-order valence-electron chi connectivity index (χ0n) is 21.0. The maximum Gasteiger partial charge on any atom is 0.305 e. The van der Waals surface area contributed by atoms with Gasteiger partial charge in [0.05, 0.1) is 18.1 Å². The van der Waals surface area contributed by atoms with Gasteiger partial charge in [-0.25, -0.2) is 0 Å². The van der Waals surface area contributed by atoms with Gasteiger partial charge in [0.1, 0.15) is 4.32 Å². The van der Waals surface area contributed by atoms with Crippen LogP contribution in [0.3, 0.4) is 0 Å². The summed E-state index contributed by atoms with van der Waals surface area (Å²) in [5.41, 5.74) is 0.761. The van der Waals surface area contributed by atoms with Crippen LogP contribution in [-0.4, -0.2) is 71.4 Å². The number of amides is 2. The molecule has 1 aromatic carbocycles. The third-order valence-electron chi connectivity index (χ3n) is 5.73. The van der Waals surface area contributed by atoms with Gasteiger partial charge in [0.15, 0.2) is 18.1 Å². The predicted molar refractivity (Wildman–Crippen MR) is 144 cm³/mol. The Labute approximate surface area is 222 Å². The lowest BCUT2D eigenvalue weighted by atomic mass is 10.1. The molecule has 3 rings (SSSR count). The fraction of sp³-hybridized carbons (Fsp3) is 0.538. The van der Waals surface area contributed by atoms with Crippen LogP contribution in [0.5, 0.6) is 11.5 Å². The van der Waals surface area contributed by atoms with Crippen molar-refractivity contribution in [3.8, 4) is 11.5 Å². The lowest BCUT2D eigenvalue weighted by Crippen LogP contribution is -2.38. The topological polar surface area (TPSA) is 85.4 Å². The maximum absolute atomic E-state index is 12.9. The van der Waals surface area contributed by atoms with E-state index in [9.17, 15) is 14.4 Å². The number of thiocarbonyl (C=S) groups is 1. The number of likely N-dealkylation sites (tertiary alicyclic amines) is 1. The Morgan fingerprint density at radius 2 is 1.89 bits per heavy atom. The van der Waals surface area contributed by atoms with Crippen molar-refractivity contribution >= 4 is 52.2 Å². The van der Waals surface area contributed by atoms with Crippen molar-refractivity contribution in [3.63, 3.8) is 0 Å². The Hall–Kier alpha value is -2.59. The fourth-order valence-electron chi connectivity index (χ4n) is 3.89. The number of hydrogen-bond acceptors (Lipinski definition) is 8. The van der Waals surface area contributed by atoms with Crippen molar-refractivity contribution in [2.24, 2.45) is 0 Å². The molecule has 2 saturated heterocycles. The molecule has 1 aromatic rings. The molecular formula is C26H34N2O6S2. The minimum absolute atomic E-state index is 0.0245. The van der Waals surface area contributed by atoms with Gasteiger partial charge in [-0.3, -0.25) is 19.3 Å². The summed E-state index contributed by atoms with van der Waals surface area (Å²) in [5, 5.41) is 0. The smallest absolute Gasteiger partial charge is 0.305 e. The first kappa shape index (κ1) is 28.0. The molecule has 2 amide bonds. The molecule has 2 aliphatic rings. The zero-order chi connectivity index (χ0) is 25.9. The third kappa shape index (κ3) is 7.96. The summed E-state index contributed by atoms with van der Waals surface area (Å²) in [5.74, 6) is 0.530. The number of nitrogens with zero attached hydrogens (tertiary/aromatic N) is 2. The van der Waals surface area contributed by atoms with E-state index < -0.39 is 0 Å². The molecule has 0 N–H and O–H groups in total. The zero-order valence-corrected chi connectivity index (χ0v) is 22.6. The van der Waals surface area contributed by atoms with E-state index in [4.69, 9.17) is 26.4 Å². The number of hydrogen-bond donors (Lipinski definition) is 0. The molecule has 36 heavy (non-hydrogen) atoms. The molecule has 0 spiro atoms. The molecule has 10 heteroatoms. The van der Waals surface area contributed by atoms with Crippen LogP contribution in [-0.2, 0) is 19.1 Å². The quantitative estimate of drug-likeness (QED) is 0.222. The molecule has 2 aliphatic heterocycles. The van der Waals surface area contributed by atoms with Gasteiger partial charge in [0.2, 0.25) is 0 Å². The van der Waals surface area contributed by atoms with Crippen LogP contribution in [0.15, 0.2) is 23.1 Å². The van der Waals surface area contributed by atoms with Gasteiger partial charge < -0.3 is 19.1 Å². The molecule has 196 valence electrons. The lowest BCUT2D eigenvalue weighted by Gasteiger charge is -2.26. The third-order valence-corrected chi connectivity index (χ3v) is 7.11. The highest BCUT2D eigenvalue weighted by Crippen LogP contribution is 2.35. The monoisotopic (exact) mass is 534 g/mol. The van der Waals surface area contributed by atoms with E-state index in [1.165, 1.54) is 16.7 Å². The van der Waals surface area contributed by atoms with Crippen LogP contribution in [0.25, 0.3) is 6.08 Å². The lowest BCUT2D eigenvalue weighted by molar-refractivity contribution is -0.144. The Morgan fingerprint density at radius 3 is 2.61 bits per heavy atom. The van der Waals surface area contributed by atoms with E-state index in [0.717, 1.165) is 44.3 Å². The number of thioether (sulfide) groups is 1. The Bertz CT molecular complexity index is 991. The molecule has 2 fully saturated rings. The van der Waals surface area contributed by atoms with Crippen LogP contribution in [0, 0.1) is 0 Å². The minimum Gasteiger partial charge on any atom is -0.490 e. The highest BCUT2D eigenvalue weighted by atomic mass is 32.2. The number of piperidine rings is 1. The number of ether oxygens (including phenoxy) is 3. The molecule has 0 atom stereocenters. The van der Waals surface area contributed by atoms with Crippen molar-refractivity contribution < 1.29 is 28.6 Å². The average molecular weight is 535 g/mol. The van der Waals surface area contributed by atoms with Gasteiger partial charge >= 0.3 is 5.97 Å². The number of rotatable bonds is 12. The van der Waals surface area contributed by atoms with Crippen LogP contribution >= 0.6 is 24.0 Å². The molecule has 0 bridgehead atoms. The number of carbonyl (C=O) groups excluding carboxylic acids is 3. The second-order valence-electron chi connectivity index (χ2n) is 8.53. The standard InChI is InChI=1S/C26H34N2O6S2/c1-3-15-33-24(30)9-8-14-28-25(31)22(36-26(28)35)17-19-10-11-20(21(16-19)32-4-2)34-18-23(29)27-12-6-5-7-13-27/h10-11,16-17H,3-9,12-15,18H2,1-2H3/b22-17+. The van der Waals surface area contributed by atoms with Gasteiger partial charge in [0.25, 0.3) is 11.8 Å². The van der Waals surface area contributed by atoms with Crippen LogP contribution < -0.4 is 9.47 Å². The first-order valence-corrected chi connectivity index (χ1v) is 13.7. The Kier molecular flexibility index (Phi) is 11.1. The van der Waals surface area contributed by atoms with Crippen molar-refractivity contribution in [3.05, 3.63) is 28.7 Å². The largest absolute Gasteiger partial charge is 0.490 e. The first-order valence-electron chi connectivity index (χ1n) is 12.5. The van der Waals surface area contributed by atoms with E-state index >= 15 is 0 Å². The van der Waals surface area contributed by atoms with E-state index in [1.54, 1.807) is 18.2 Å². The second kappa shape index (κ2) is 14.2. The molecule has 0 aliphatic carbocycles. The summed E-state index contributed by atoms with van der Waals surface area (Å²) in [6, 6.07) is 5.36. The van der Waals surface area contributed by atoms with E-state index in [1.807, 2.05) is 24.8 Å². The van der Waals surface area contributed by atoms with Crippen molar-refractivity contribution in [1.82, 2.24) is 9.80 Å². The summed E-state index contributed by atoms with van der Waals surface area (Å²) in [7, 11) is 0. The van der Waals surface area contributed by atoms with E-state index in [2.05, 4.69) is 0 Å². The maximum atomic E-state index is 12.9. The average Bonchev–Trinajstić information content (AvgIpc) is 3.14. The fourth-order valence-corrected chi connectivity index (χ4v) is 5.20. The van der Waals surface area contributed by atoms with Crippen LogP contribution in [0.4, 0.5) is 0 Å². The van der Waals surface area contributed by atoms with Crippen molar-refractivity contribution in [2.75, 3.05) is 39.5 Å². The molecule has 0 aromatic heterocycles. The number of carbonyl (C=O) groups is 3. The molecule has 0 radical (unpaired) electrons. The van der Waals surface area contributed by atoms with Crippen molar-refractivity contribution in [1.29, 1.82) is 0 Å².